The number of carbonyl (C=O) groups excluding carboxylic acids is 2. The summed E-state index contributed by atoms with van der Waals surface area (Å²) in [7, 11) is 0. The fourth-order valence-electron chi connectivity index (χ4n) is 3.98. The van der Waals surface area contributed by atoms with Crippen molar-refractivity contribution in [2.45, 2.75) is 33.1 Å². The molecule has 0 saturated carbocycles. The molecule has 2 amide bonds. The Morgan fingerprint density at radius 3 is 2.17 bits per heavy atom. The fraction of sp³-hybridized carbons (Fsp3) is 0.360. The van der Waals surface area contributed by atoms with Crippen molar-refractivity contribution in [3.05, 3.63) is 65.9 Å². The number of amides is 2. The van der Waals surface area contributed by atoms with Gasteiger partial charge in [-0.15, -0.1) is 0 Å². The fourth-order valence-corrected chi connectivity index (χ4v) is 3.98. The zero-order valence-electron chi connectivity index (χ0n) is 17.6. The molecule has 156 valence electrons. The van der Waals surface area contributed by atoms with Gasteiger partial charge in [-0.1, -0.05) is 44.2 Å². The third-order valence-electron chi connectivity index (χ3n) is 5.47. The first-order chi connectivity index (χ1) is 14.6. The van der Waals surface area contributed by atoms with E-state index in [0.29, 0.717) is 29.5 Å². The van der Waals surface area contributed by atoms with Crippen LogP contribution in [0.1, 0.15) is 38.7 Å². The van der Waals surface area contributed by atoms with Crippen LogP contribution in [-0.4, -0.2) is 36.4 Å². The lowest BCUT2D eigenvalue weighted by Gasteiger charge is -2.29. The molecule has 0 atom stereocenters. The minimum Gasteiger partial charge on any atom is -0.493 e. The summed E-state index contributed by atoms with van der Waals surface area (Å²) >= 11 is 0. The van der Waals surface area contributed by atoms with Gasteiger partial charge in [0.2, 0.25) is 0 Å². The number of para-hydroxylation sites is 1. The van der Waals surface area contributed by atoms with Gasteiger partial charge in [-0.05, 0) is 55.0 Å². The average molecular weight is 405 g/mol. The number of imide groups is 1. The molecule has 2 heterocycles. The second kappa shape index (κ2) is 8.74. The SMILES string of the molecule is CC(C)COc1ccc(C2=C(N3CCCCC3)C(=O)N(c3ccccc3)C2=O)cc1. The molecule has 4 rings (SSSR count). The van der Waals surface area contributed by atoms with E-state index in [4.69, 9.17) is 4.74 Å². The first kappa shape index (κ1) is 20.2. The summed E-state index contributed by atoms with van der Waals surface area (Å²) in [4.78, 5) is 30.3. The maximum atomic E-state index is 13.5. The molecule has 1 saturated heterocycles. The lowest BCUT2D eigenvalue weighted by Crippen LogP contribution is -2.37. The number of benzene rings is 2. The molecule has 0 bridgehead atoms. The lowest BCUT2D eigenvalue weighted by atomic mass is 10.0. The molecular weight excluding hydrogens is 376 g/mol. The zero-order valence-corrected chi connectivity index (χ0v) is 17.6. The van der Waals surface area contributed by atoms with E-state index in [1.807, 2.05) is 42.5 Å². The van der Waals surface area contributed by atoms with Crippen molar-refractivity contribution >= 4 is 23.1 Å². The first-order valence-corrected chi connectivity index (χ1v) is 10.7. The number of anilines is 1. The molecular formula is C25H28N2O3. The van der Waals surface area contributed by atoms with Crippen LogP contribution in [0.3, 0.4) is 0 Å². The van der Waals surface area contributed by atoms with Crippen molar-refractivity contribution in [1.29, 1.82) is 0 Å². The molecule has 1 fully saturated rings. The molecule has 2 aliphatic heterocycles. The van der Waals surface area contributed by atoms with E-state index < -0.39 is 0 Å². The van der Waals surface area contributed by atoms with Gasteiger partial charge < -0.3 is 9.64 Å². The highest BCUT2D eigenvalue weighted by atomic mass is 16.5. The Balaban J connectivity index is 1.71. The van der Waals surface area contributed by atoms with Gasteiger partial charge in [-0.2, -0.15) is 0 Å². The summed E-state index contributed by atoms with van der Waals surface area (Å²) in [5.74, 6) is 0.710. The molecule has 0 N–H and O–H groups in total. The van der Waals surface area contributed by atoms with E-state index in [0.717, 1.165) is 43.7 Å². The molecule has 2 aromatic rings. The maximum absolute atomic E-state index is 13.5. The molecule has 30 heavy (non-hydrogen) atoms. The number of likely N-dealkylation sites (tertiary alicyclic amines) is 1. The number of rotatable bonds is 6. The van der Waals surface area contributed by atoms with Crippen LogP contribution < -0.4 is 9.64 Å². The van der Waals surface area contributed by atoms with Gasteiger partial charge in [0, 0.05) is 13.1 Å². The van der Waals surface area contributed by atoms with Crippen molar-refractivity contribution in [2.24, 2.45) is 5.92 Å². The highest BCUT2D eigenvalue weighted by Crippen LogP contribution is 2.36. The Morgan fingerprint density at radius 2 is 1.53 bits per heavy atom. The average Bonchev–Trinajstić information content (AvgIpc) is 3.04. The number of hydrogen-bond donors (Lipinski definition) is 0. The smallest absolute Gasteiger partial charge is 0.282 e. The molecule has 2 aromatic carbocycles. The van der Waals surface area contributed by atoms with Crippen LogP contribution in [0.25, 0.3) is 5.57 Å². The van der Waals surface area contributed by atoms with Crippen LogP contribution in [0.5, 0.6) is 5.75 Å². The Labute approximate surface area is 177 Å². The molecule has 0 aliphatic carbocycles. The van der Waals surface area contributed by atoms with Gasteiger partial charge >= 0.3 is 0 Å². The summed E-state index contributed by atoms with van der Waals surface area (Å²) in [6.45, 7) is 6.45. The molecule has 0 unspecified atom stereocenters. The van der Waals surface area contributed by atoms with Crippen LogP contribution in [0, 0.1) is 5.92 Å². The highest BCUT2D eigenvalue weighted by Gasteiger charge is 2.42. The molecule has 2 aliphatic rings. The summed E-state index contributed by atoms with van der Waals surface area (Å²) in [6.07, 6.45) is 3.22. The van der Waals surface area contributed by atoms with E-state index in [2.05, 4.69) is 18.7 Å². The van der Waals surface area contributed by atoms with Gasteiger partial charge in [-0.3, -0.25) is 9.59 Å². The maximum Gasteiger partial charge on any atom is 0.282 e. The van der Waals surface area contributed by atoms with Gasteiger partial charge in [0.25, 0.3) is 11.8 Å². The zero-order chi connectivity index (χ0) is 21.1. The van der Waals surface area contributed by atoms with Gasteiger partial charge in [0.05, 0.1) is 17.9 Å². The van der Waals surface area contributed by atoms with Crippen molar-refractivity contribution in [3.8, 4) is 5.75 Å². The van der Waals surface area contributed by atoms with Crippen molar-refractivity contribution in [3.63, 3.8) is 0 Å². The second-order valence-electron chi connectivity index (χ2n) is 8.28. The van der Waals surface area contributed by atoms with E-state index in [9.17, 15) is 9.59 Å². The van der Waals surface area contributed by atoms with E-state index in [-0.39, 0.29) is 11.8 Å². The topological polar surface area (TPSA) is 49.9 Å². The number of ether oxygens (including phenoxy) is 1. The predicted octanol–water partition coefficient (Wildman–Crippen LogP) is 4.49. The summed E-state index contributed by atoms with van der Waals surface area (Å²) in [5, 5.41) is 0. The van der Waals surface area contributed by atoms with E-state index >= 15 is 0 Å². The Morgan fingerprint density at radius 1 is 0.867 bits per heavy atom. The molecule has 5 heteroatoms. The molecule has 0 aromatic heterocycles. The quantitative estimate of drug-likeness (QED) is 0.666. The first-order valence-electron chi connectivity index (χ1n) is 10.7. The third kappa shape index (κ3) is 3.97. The molecule has 5 nitrogen and oxygen atoms in total. The number of nitrogens with zero attached hydrogens (tertiary/aromatic N) is 2. The normalized spacial score (nSPS) is 17.3. The van der Waals surface area contributed by atoms with Crippen LogP contribution in [0.15, 0.2) is 60.3 Å². The third-order valence-corrected chi connectivity index (χ3v) is 5.47. The van der Waals surface area contributed by atoms with Crippen LogP contribution >= 0.6 is 0 Å². The van der Waals surface area contributed by atoms with Crippen molar-refractivity contribution < 1.29 is 14.3 Å². The van der Waals surface area contributed by atoms with Crippen molar-refractivity contribution in [1.82, 2.24) is 4.90 Å². The molecule has 0 spiro atoms. The second-order valence-corrected chi connectivity index (χ2v) is 8.28. The lowest BCUT2D eigenvalue weighted by molar-refractivity contribution is -0.120. The Hall–Kier alpha value is -3.08. The van der Waals surface area contributed by atoms with Gasteiger partial charge in [0.1, 0.15) is 11.4 Å². The summed E-state index contributed by atoms with van der Waals surface area (Å²) in [5.41, 5.74) is 2.37. The Kier molecular flexibility index (Phi) is 5.88. The van der Waals surface area contributed by atoms with E-state index in [1.54, 1.807) is 12.1 Å². The highest BCUT2D eigenvalue weighted by molar-refractivity contribution is 6.45. The predicted molar refractivity (Wildman–Crippen MR) is 118 cm³/mol. The molecule has 0 radical (unpaired) electrons. The monoisotopic (exact) mass is 404 g/mol. The minimum atomic E-state index is -0.261. The van der Waals surface area contributed by atoms with Crippen LogP contribution in [-0.2, 0) is 9.59 Å². The van der Waals surface area contributed by atoms with Crippen LogP contribution in [0.2, 0.25) is 0 Å². The van der Waals surface area contributed by atoms with Crippen molar-refractivity contribution in [2.75, 3.05) is 24.6 Å². The van der Waals surface area contributed by atoms with Crippen LogP contribution in [0.4, 0.5) is 5.69 Å². The number of carbonyl (C=O) groups is 2. The number of hydrogen-bond acceptors (Lipinski definition) is 4. The summed E-state index contributed by atoms with van der Waals surface area (Å²) < 4.78 is 5.78. The standard InChI is InChI=1S/C25H28N2O3/c1-18(2)17-30-21-13-11-19(12-14-21)22-23(26-15-7-4-8-16-26)25(29)27(24(22)28)20-9-5-3-6-10-20/h3,5-6,9-14,18H,4,7-8,15-17H2,1-2H3. The largest absolute Gasteiger partial charge is 0.493 e. The van der Waals surface area contributed by atoms with Gasteiger partial charge in [-0.25, -0.2) is 4.90 Å². The Bertz CT molecular complexity index is 942. The number of piperidine rings is 1. The van der Waals surface area contributed by atoms with E-state index in [1.165, 1.54) is 4.90 Å². The summed E-state index contributed by atoms with van der Waals surface area (Å²) in [6, 6.07) is 16.7. The van der Waals surface area contributed by atoms with Gasteiger partial charge in [0.15, 0.2) is 0 Å². The minimum absolute atomic E-state index is 0.233.